The number of carbonyl (C=O) groups is 2. The van der Waals surface area contributed by atoms with Crippen LogP contribution in [0.1, 0.15) is 16.1 Å². The van der Waals surface area contributed by atoms with Crippen LogP contribution in [-0.2, 0) is 26.1 Å². The molecule has 1 amide bonds. The number of carbonyl (C=O) groups excluding carboxylic acids is 2. The van der Waals surface area contributed by atoms with Crippen LogP contribution in [0, 0.1) is 0 Å². The van der Waals surface area contributed by atoms with Crippen molar-refractivity contribution in [3.8, 4) is 0 Å². The number of hydrogen-bond acceptors (Lipinski definition) is 6. The molecule has 0 unspecified atom stereocenters. The highest BCUT2D eigenvalue weighted by Crippen LogP contribution is 2.30. The van der Waals surface area contributed by atoms with E-state index in [-0.39, 0.29) is 27.8 Å². The predicted molar refractivity (Wildman–Crippen MR) is 120 cm³/mol. The number of nitrogens with one attached hydrogen (secondary N) is 2. The van der Waals surface area contributed by atoms with E-state index in [1.54, 1.807) is 24.3 Å². The maximum Gasteiger partial charge on any atom is 0.340 e. The van der Waals surface area contributed by atoms with Crippen LogP contribution in [-0.4, -0.2) is 26.9 Å². The van der Waals surface area contributed by atoms with Crippen molar-refractivity contribution in [2.24, 2.45) is 0 Å². The Morgan fingerprint density at radius 2 is 1.78 bits per heavy atom. The predicted octanol–water partition coefficient (Wildman–Crippen LogP) is 4.51. The molecule has 1 aromatic heterocycles. The van der Waals surface area contributed by atoms with Crippen molar-refractivity contribution in [2.45, 2.75) is 11.4 Å². The summed E-state index contributed by atoms with van der Waals surface area (Å²) in [5.74, 6) is -1.07. The van der Waals surface area contributed by atoms with Crippen LogP contribution in [0.2, 0.25) is 15.1 Å². The number of sulfonamides is 1. The van der Waals surface area contributed by atoms with Crippen LogP contribution in [0.3, 0.4) is 0 Å². The molecule has 0 saturated carbocycles. The first-order chi connectivity index (χ1) is 15.2. The minimum atomic E-state index is -4.20. The summed E-state index contributed by atoms with van der Waals surface area (Å²) in [6.45, 7) is -0.496. The topological polar surface area (TPSA) is 115 Å². The van der Waals surface area contributed by atoms with Gasteiger partial charge in [-0.05, 0) is 42.5 Å². The molecule has 168 valence electrons. The lowest BCUT2D eigenvalue weighted by Gasteiger charge is -2.12. The van der Waals surface area contributed by atoms with Gasteiger partial charge >= 0.3 is 5.97 Å². The van der Waals surface area contributed by atoms with Crippen LogP contribution in [0.25, 0.3) is 0 Å². The molecule has 0 fully saturated rings. The van der Waals surface area contributed by atoms with Gasteiger partial charge in [0.05, 0.1) is 34.1 Å². The van der Waals surface area contributed by atoms with Crippen molar-refractivity contribution >= 4 is 62.4 Å². The first-order valence-corrected chi connectivity index (χ1v) is 11.5. The third kappa shape index (κ3) is 6.17. The molecule has 1 heterocycles. The third-order valence-electron chi connectivity index (χ3n) is 3.98. The summed E-state index contributed by atoms with van der Waals surface area (Å²) in [7, 11) is -4.20. The Hall–Kier alpha value is -2.72. The van der Waals surface area contributed by atoms with Crippen LogP contribution < -0.4 is 10.0 Å². The molecule has 32 heavy (non-hydrogen) atoms. The lowest BCUT2D eigenvalue weighted by Crippen LogP contribution is -2.28. The summed E-state index contributed by atoms with van der Waals surface area (Å²) in [5.41, 5.74) is -0.0813. The largest absolute Gasteiger partial charge is 0.467 e. The van der Waals surface area contributed by atoms with Gasteiger partial charge in [-0.15, -0.1) is 0 Å². The fraction of sp³-hybridized carbons (Fsp3) is 0.100. The van der Waals surface area contributed by atoms with E-state index in [2.05, 4.69) is 10.0 Å². The number of halogens is 3. The van der Waals surface area contributed by atoms with E-state index in [1.165, 1.54) is 18.4 Å². The molecule has 3 rings (SSSR count). The van der Waals surface area contributed by atoms with Crippen molar-refractivity contribution in [1.82, 2.24) is 5.32 Å². The molecule has 0 aliphatic heterocycles. The fourth-order valence-electron chi connectivity index (χ4n) is 2.51. The second-order valence-electron chi connectivity index (χ2n) is 6.31. The monoisotopic (exact) mass is 516 g/mol. The van der Waals surface area contributed by atoms with Gasteiger partial charge in [-0.25, -0.2) is 13.2 Å². The van der Waals surface area contributed by atoms with E-state index >= 15 is 0 Å². The average Bonchev–Trinajstić information content (AvgIpc) is 3.23. The van der Waals surface area contributed by atoms with Gasteiger partial charge in [-0.2, -0.15) is 0 Å². The maximum absolute atomic E-state index is 12.8. The molecule has 8 nitrogen and oxygen atoms in total. The molecule has 0 aliphatic rings. The van der Waals surface area contributed by atoms with E-state index in [9.17, 15) is 18.0 Å². The molecule has 0 spiro atoms. The number of furan rings is 1. The number of amides is 1. The molecule has 2 aromatic carbocycles. The van der Waals surface area contributed by atoms with Crippen molar-refractivity contribution < 1.29 is 27.2 Å². The average molecular weight is 518 g/mol. The van der Waals surface area contributed by atoms with E-state index in [1.807, 2.05) is 0 Å². The number of benzene rings is 2. The van der Waals surface area contributed by atoms with Crippen molar-refractivity contribution in [3.05, 3.63) is 81.2 Å². The van der Waals surface area contributed by atoms with Gasteiger partial charge in [0.2, 0.25) is 0 Å². The number of hydrogen-bond donors (Lipinski definition) is 2. The highest BCUT2D eigenvalue weighted by Gasteiger charge is 2.24. The lowest BCUT2D eigenvalue weighted by molar-refractivity contribution is -0.124. The summed E-state index contributed by atoms with van der Waals surface area (Å²) in [5, 5.41) is 2.47. The number of esters is 1. The Labute approximate surface area is 198 Å². The van der Waals surface area contributed by atoms with Crippen LogP contribution >= 0.6 is 34.8 Å². The van der Waals surface area contributed by atoms with E-state index in [4.69, 9.17) is 44.0 Å². The summed E-state index contributed by atoms with van der Waals surface area (Å²) in [6, 6.07) is 11.4. The Balaban J connectivity index is 1.72. The first kappa shape index (κ1) is 23.9. The molecule has 2 N–H and O–H groups in total. The minimum Gasteiger partial charge on any atom is -0.467 e. The zero-order valence-corrected chi connectivity index (χ0v) is 19.2. The second kappa shape index (κ2) is 10.3. The SMILES string of the molecule is O=C(COC(=O)c1cc(S(=O)(=O)Nc2cccc(Cl)c2)c(Cl)cc1Cl)NCc1ccco1. The van der Waals surface area contributed by atoms with Gasteiger partial charge in [-0.1, -0.05) is 40.9 Å². The zero-order valence-electron chi connectivity index (χ0n) is 16.1. The van der Waals surface area contributed by atoms with Gasteiger partial charge < -0.3 is 14.5 Å². The summed E-state index contributed by atoms with van der Waals surface area (Å²) in [6.07, 6.45) is 1.46. The zero-order chi connectivity index (χ0) is 23.3. The summed E-state index contributed by atoms with van der Waals surface area (Å²) < 4.78 is 37.9. The van der Waals surface area contributed by atoms with Crippen LogP contribution in [0.4, 0.5) is 5.69 Å². The van der Waals surface area contributed by atoms with Gasteiger partial charge in [0, 0.05) is 5.02 Å². The Bertz CT molecular complexity index is 1250. The highest BCUT2D eigenvalue weighted by atomic mass is 35.5. The van der Waals surface area contributed by atoms with Crippen molar-refractivity contribution in [1.29, 1.82) is 0 Å². The molecule has 12 heteroatoms. The minimum absolute atomic E-state index is 0.114. The Morgan fingerprint density at radius 1 is 1.00 bits per heavy atom. The maximum atomic E-state index is 12.8. The number of rotatable bonds is 8. The third-order valence-corrected chi connectivity index (χ3v) is 6.38. The van der Waals surface area contributed by atoms with Crippen LogP contribution in [0.5, 0.6) is 0 Å². The number of ether oxygens (including phenoxy) is 1. The molecular formula is C20H15Cl3N2O6S. The number of anilines is 1. The molecule has 0 radical (unpaired) electrons. The van der Waals surface area contributed by atoms with Crippen molar-refractivity contribution in [3.63, 3.8) is 0 Å². The van der Waals surface area contributed by atoms with Gasteiger partial charge in [-0.3, -0.25) is 9.52 Å². The van der Waals surface area contributed by atoms with E-state index in [0.29, 0.717) is 10.8 Å². The van der Waals surface area contributed by atoms with Gasteiger partial charge in [0.15, 0.2) is 6.61 Å². The van der Waals surface area contributed by atoms with E-state index in [0.717, 1.165) is 12.1 Å². The van der Waals surface area contributed by atoms with Crippen molar-refractivity contribution in [2.75, 3.05) is 11.3 Å². The fourth-order valence-corrected chi connectivity index (χ4v) is 4.60. The Kier molecular flexibility index (Phi) is 7.68. The Morgan fingerprint density at radius 3 is 2.47 bits per heavy atom. The first-order valence-electron chi connectivity index (χ1n) is 8.89. The standard InChI is InChI=1S/C20H15Cl3N2O6S/c21-12-3-1-4-13(7-12)25-32(28,29)18-8-15(16(22)9-17(18)23)20(27)31-11-19(26)24-10-14-5-2-6-30-14/h1-9,25H,10-11H2,(H,24,26). The second-order valence-corrected chi connectivity index (χ2v) is 9.21. The van der Waals surface area contributed by atoms with E-state index < -0.39 is 33.4 Å². The highest BCUT2D eigenvalue weighted by molar-refractivity contribution is 7.92. The van der Waals surface area contributed by atoms with Gasteiger partial charge in [0.25, 0.3) is 15.9 Å². The molecule has 3 aromatic rings. The quantitative estimate of drug-likeness (QED) is 0.425. The van der Waals surface area contributed by atoms with Gasteiger partial charge in [0.1, 0.15) is 10.7 Å². The molecular weight excluding hydrogens is 503 g/mol. The molecule has 0 saturated heterocycles. The molecule has 0 bridgehead atoms. The summed E-state index contributed by atoms with van der Waals surface area (Å²) in [4.78, 5) is 23.9. The smallest absolute Gasteiger partial charge is 0.340 e. The molecule has 0 atom stereocenters. The normalized spacial score (nSPS) is 11.1. The van der Waals surface area contributed by atoms with Crippen LogP contribution in [0.15, 0.2) is 64.1 Å². The lowest BCUT2D eigenvalue weighted by atomic mass is 10.2. The summed E-state index contributed by atoms with van der Waals surface area (Å²) >= 11 is 18.0. The molecule has 0 aliphatic carbocycles.